The lowest BCUT2D eigenvalue weighted by molar-refractivity contribution is -0.461. The summed E-state index contributed by atoms with van der Waals surface area (Å²) in [6.45, 7) is 4.20. The number of aromatic nitrogens is 2. The molecule has 0 radical (unpaired) electrons. The fourth-order valence-electron chi connectivity index (χ4n) is 3.49. The second kappa shape index (κ2) is 9.41. The molecule has 0 aromatic carbocycles. The van der Waals surface area contributed by atoms with Gasteiger partial charge in [-0.25, -0.2) is 0 Å². The molecular formula is C22H20F3N6O2+. The smallest absolute Gasteiger partial charge is 0.369 e. The number of pyridine rings is 2. The first-order valence-corrected chi connectivity index (χ1v) is 10.1. The number of rotatable bonds is 6. The van der Waals surface area contributed by atoms with Crippen molar-refractivity contribution in [1.82, 2.24) is 14.9 Å². The van der Waals surface area contributed by atoms with Gasteiger partial charge in [0.15, 0.2) is 6.20 Å². The van der Waals surface area contributed by atoms with Crippen LogP contribution in [-0.2, 0) is 22.3 Å². The van der Waals surface area contributed by atoms with Crippen LogP contribution in [0.25, 0.3) is 5.70 Å². The Morgan fingerprint density at radius 2 is 2.12 bits per heavy atom. The van der Waals surface area contributed by atoms with E-state index in [9.17, 15) is 18.0 Å². The summed E-state index contributed by atoms with van der Waals surface area (Å²) in [4.78, 5) is 21.6. The topological polar surface area (TPSA) is 83.0 Å². The van der Waals surface area contributed by atoms with E-state index < -0.39 is 17.8 Å². The van der Waals surface area contributed by atoms with Gasteiger partial charge >= 0.3 is 6.18 Å². The molecule has 0 saturated carbocycles. The molecule has 1 fully saturated rings. The lowest BCUT2D eigenvalue weighted by Gasteiger charge is -2.15. The highest BCUT2D eigenvalue weighted by Crippen LogP contribution is 2.29. The van der Waals surface area contributed by atoms with Crippen LogP contribution in [-0.4, -0.2) is 50.9 Å². The van der Waals surface area contributed by atoms with Gasteiger partial charge < -0.3 is 9.64 Å². The number of ether oxygens (including phenoxy) is 1. The molecule has 4 heterocycles. The Morgan fingerprint density at radius 1 is 1.27 bits per heavy atom. The van der Waals surface area contributed by atoms with Crippen LogP contribution in [0.15, 0.2) is 72.0 Å². The lowest BCUT2D eigenvalue weighted by atomic mass is 10.1. The maximum atomic E-state index is 12.7. The largest absolute Gasteiger partial charge is 0.417 e. The molecule has 2 aromatic heterocycles. The Morgan fingerprint density at radius 3 is 2.79 bits per heavy atom. The van der Waals surface area contributed by atoms with Crippen molar-refractivity contribution in [2.75, 3.05) is 13.1 Å². The predicted molar refractivity (Wildman–Crippen MR) is 111 cm³/mol. The Labute approximate surface area is 187 Å². The summed E-state index contributed by atoms with van der Waals surface area (Å²) in [6, 6.07) is 5.91. The number of likely N-dealkylation sites (tertiary alicyclic amines) is 1. The first kappa shape index (κ1) is 22.5. The van der Waals surface area contributed by atoms with Crippen molar-refractivity contribution in [3.63, 3.8) is 0 Å². The Bertz CT molecular complexity index is 1110. The maximum Gasteiger partial charge on any atom is 0.417 e. The standard InChI is InChI=1S/C22H20F3N6O2/c1-2-21(32)30-10-16(11-31-12-19(28-29-31)15-4-3-7-26-8-15)20(13-30)33-14-18-6-5-17(9-27-18)22(23,24)25/h2-9,11-12,16,20H,1,10,13-14H2/q+1/b31-11-/t16?,20-/m1/s1. The molecular weight excluding hydrogens is 437 g/mol. The molecule has 2 aliphatic rings. The van der Waals surface area contributed by atoms with Gasteiger partial charge in [0.1, 0.15) is 11.4 Å². The second-order valence-electron chi connectivity index (χ2n) is 7.47. The molecule has 1 unspecified atom stereocenters. The van der Waals surface area contributed by atoms with Crippen LogP contribution in [0.1, 0.15) is 16.8 Å². The fourth-order valence-corrected chi connectivity index (χ4v) is 3.49. The minimum Gasteiger partial charge on any atom is -0.369 e. The van der Waals surface area contributed by atoms with Crippen molar-refractivity contribution < 1.29 is 27.4 Å². The predicted octanol–water partition coefficient (Wildman–Crippen LogP) is 3.49. The lowest BCUT2D eigenvalue weighted by Crippen LogP contribution is -2.28. The zero-order chi connectivity index (χ0) is 23.4. The number of carbonyl (C=O) groups excluding carboxylic acids is 1. The number of carbonyl (C=O) groups is 1. The van der Waals surface area contributed by atoms with E-state index in [1.807, 2.05) is 6.07 Å². The summed E-state index contributed by atoms with van der Waals surface area (Å²) >= 11 is 0. The van der Waals surface area contributed by atoms with Crippen LogP contribution in [0, 0.1) is 5.92 Å². The molecule has 11 heteroatoms. The van der Waals surface area contributed by atoms with E-state index in [4.69, 9.17) is 4.74 Å². The number of amides is 1. The van der Waals surface area contributed by atoms with Gasteiger partial charge in [-0.1, -0.05) is 6.58 Å². The monoisotopic (exact) mass is 457 g/mol. The average molecular weight is 457 g/mol. The van der Waals surface area contributed by atoms with Crippen molar-refractivity contribution in [1.29, 1.82) is 0 Å². The van der Waals surface area contributed by atoms with Crippen LogP contribution in [0.2, 0.25) is 0 Å². The second-order valence-corrected chi connectivity index (χ2v) is 7.47. The van der Waals surface area contributed by atoms with Gasteiger partial charge in [-0.15, -0.1) is 4.68 Å². The van der Waals surface area contributed by atoms with Crippen molar-refractivity contribution in [2.24, 2.45) is 16.3 Å². The zero-order valence-electron chi connectivity index (χ0n) is 17.4. The maximum absolute atomic E-state index is 12.7. The van der Waals surface area contributed by atoms with Crippen LogP contribution < -0.4 is 0 Å². The van der Waals surface area contributed by atoms with Crippen molar-refractivity contribution in [3.05, 3.63) is 78.5 Å². The zero-order valence-corrected chi connectivity index (χ0v) is 17.4. The molecule has 2 aliphatic heterocycles. The highest BCUT2D eigenvalue weighted by atomic mass is 19.4. The molecule has 2 aromatic rings. The van der Waals surface area contributed by atoms with Gasteiger partial charge in [0.25, 0.3) is 5.70 Å². The van der Waals surface area contributed by atoms with Crippen LogP contribution >= 0.6 is 0 Å². The molecule has 8 nitrogen and oxygen atoms in total. The summed E-state index contributed by atoms with van der Waals surface area (Å²) in [7, 11) is 0. The summed E-state index contributed by atoms with van der Waals surface area (Å²) in [5.74, 6) is -0.464. The summed E-state index contributed by atoms with van der Waals surface area (Å²) in [5, 5.41) is 8.26. The third-order valence-electron chi connectivity index (χ3n) is 5.20. The molecule has 170 valence electrons. The highest BCUT2D eigenvalue weighted by molar-refractivity contribution is 5.87. The third-order valence-corrected chi connectivity index (χ3v) is 5.20. The van der Waals surface area contributed by atoms with Gasteiger partial charge in [-0.05, 0) is 30.3 Å². The number of halogens is 3. The first-order valence-electron chi connectivity index (χ1n) is 10.1. The third kappa shape index (κ3) is 5.37. The highest BCUT2D eigenvalue weighted by Gasteiger charge is 2.36. The van der Waals surface area contributed by atoms with E-state index in [0.29, 0.717) is 24.5 Å². The molecule has 33 heavy (non-hydrogen) atoms. The average Bonchev–Trinajstić information content (AvgIpc) is 3.45. The van der Waals surface area contributed by atoms with Crippen molar-refractivity contribution >= 4 is 17.8 Å². The Balaban J connectivity index is 1.48. The van der Waals surface area contributed by atoms with Gasteiger partial charge in [-0.2, -0.15) is 13.2 Å². The fraction of sp³-hybridized carbons (Fsp3) is 0.273. The van der Waals surface area contributed by atoms with Crippen LogP contribution in [0.5, 0.6) is 0 Å². The summed E-state index contributed by atoms with van der Waals surface area (Å²) in [5.41, 5.74) is 0.988. The molecule has 0 aliphatic carbocycles. The molecule has 2 atom stereocenters. The first-order chi connectivity index (χ1) is 15.8. The van der Waals surface area contributed by atoms with Crippen LogP contribution in [0.4, 0.5) is 13.2 Å². The van der Waals surface area contributed by atoms with Gasteiger partial charge in [0.2, 0.25) is 5.91 Å². The number of hydrogen-bond acceptors (Lipinski definition) is 6. The van der Waals surface area contributed by atoms with E-state index in [1.54, 1.807) is 40.5 Å². The summed E-state index contributed by atoms with van der Waals surface area (Å²) in [6.07, 6.45) is 4.03. The summed E-state index contributed by atoms with van der Waals surface area (Å²) < 4.78 is 45.7. The molecule has 4 rings (SSSR count). The van der Waals surface area contributed by atoms with Gasteiger partial charge in [0, 0.05) is 31.7 Å². The van der Waals surface area contributed by atoms with E-state index in [0.717, 1.165) is 17.8 Å². The molecule has 0 spiro atoms. The SMILES string of the molecule is C=CC(=O)N1CC(/C=[N+]2/C=C(c3cccnc3)N=N2)[C@H](OCc2ccc(C(F)(F)F)cn2)C1. The van der Waals surface area contributed by atoms with E-state index in [1.165, 1.54) is 12.1 Å². The van der Waals surface area contributed by atoms with Crippen molar-refractivity contribution in [3.8, 4) is 0 Å². The minimum atomic E-state index is -4.45. The normalized spacial score (nSPS) is 21.5. The van der Waals surface area contributed by atoms with Crippen molar-refractivity contribution in [2.45, 2.75) is 18.9 Å². The molecule has 0 N–H and O–H groups in total. The Kier molecular flexibility index (Phi) is 6.40. The number of alkyl halides is 3. The van der Waals surface area contributed by atoms with Gasteiger partial charge in [-0.3, -0.25) is 14.8 Å². The quantitative estimate of drug-likeness (QED) is 0.491. The molecule has 1 amide bonds. The van der Waals surface area contributed by atoms with Crippen LogP contribution in [0.3, 0.4) is 0 Å². The van der Waals surface area contributed by atoms with Gasteiger partial charge in [0.05, 0.1) is 40.6 Å². The van der Waals surface area contributed by atoms with E-state index in [-0.39, 0.29) is 18.4 Å². The molecule has 0 bridgehead atoms. The number of nitrogens with zero attached hydrogens (tertiary/aromatic N) is 6. The van der Waals surface area contributed by atoms with E-state index >= 15 is 0 Å². The minimum absolute atomic E-state index is 0.00154. The molecule has 1 saturated heterocycles. The number of hydrogen-bond donors (Lipinski definition) is 0. The Hall–Kier alpha value is -3.73. The van der Waals surface area contributed by atoms with E-state index in [2.05, 4.69) is 26.9 Å².